The maximum Gasteiger partial charge on any atom is 0.355 e. The van der Waals surface area contributed by atoms with E-state index in [9.17, 15) is 4.79 Å². The zero-order valence-corrected chi connectivity index (χ0v) is 11.8. The Morgan fingerprint density at radius 2 is 1.90 bits per heavy atom. The molecule has 4 nitrogen and oxygen atoms in total. The topological polar surface area (TPSA) is 47.3 Å². The van der Waals surface area contributed by atoms with Gasteiger partial charge in [-0.1, -0.05) is 48.2 Å². The van der Waals surface area contributed by atoms with E-state index in [1.165, 1.54) is 21.7 Å². The van der Waals surface area contributed by atoms with Crippen LogP contribution in [0, 0.1) is 6.92 Å². The fourth-order valence-electron chi connectivity index (χ4n) is 1.94. The Morgan fingerprint density at radius 3 is 2.70 bits per heavy atom. The van der Waals surface area contributed by atoms with Gasteiger partial charge in [0.2, 0.25) is 0 Å². The summed E-state index contributed by atoms with van der Waals surface area (Å²) in [6.45, 7) is 1.94. The first kappa shape index (κ1) is 12.9. The average Bonchev–Trinajstić information content (AvgIpc) is 2.47. The van der Waals surface area contributed by atoms with Crippen LogP contribution in [0.3, 0.4) is 0 Å². The first-order valence-electron chi connectivity index (χ1n) is 6.27. The Hall–Kier alpha value is -2.14. The summed E-state index contributed by atoms with van der Waals surface area (Å²) >= 11 is 1.48. The molecule has 3 rings (SSSR count). The molecule has 2 aromatic heterocycles. The molecular weight excluding hydrogens is 270 g/mol. The third-order valence-corrected chi connectivity index (χ3v) is 3.89. The third-order valence-electron chi connectivity index (χ3n) is 2.97. The van der Waals surface area contributed by atoms with E-state index in [1.807, 2.05) is 49.4 Å². The van der Waals surface area contributed by atoms with Crippen molar-refractivity contribution in [3.8, 4) is 0 Å². The molecule has 1 aromatic carbocycles. The molecule has 0 spiro atoms. The Labute approximate surface area is 120 Å². The molecule has 20 heavy (non-hydrogen) atoms. The lowest BCUT2D eigenvalue weighted by molar-refractivity contribution is 0.842. The Bertz CT molecular complexity index is 799. The van der Waals surface area contributed by atoms with Gasteiger partial charge in [-0.05, 0) is 24.1 Å². The summed E-state index contributed by atoms with van der Waals surface area (Å²) in [5.41, 5.74) is 2.54. The monoisotopic (exact) mass is 283 g/mol. The van der Waals surface area contributed by atoms with Gasteiger partial charge in [0.25, 0.3) is 0 Å². The van der Waals surface area contributed by atoms with Gasteiger partial charge in [-0.3, -0.25) is 4.40 Å². The predicted molar refractivity (Wildman–Crippen MR) is 80.0 cm³/mol. The highest BCUT2D eigenvalue weighted by molar-refractivity contribution is 7.98. The molecular formula is C15H13N3OS. The Kier molecular flexibility index (Phi) is 3.52. The van der Waals surface area contributed by atoms with E-state index in [2.05, 4.69) is 9.97 Å². The van der Waals surface area contributed by atoms with Crippen molar-refractivity contribution >= 4 is 17.4 Å². The average molecular weight is 283 g/mol. The minimum atomic E-state index is -0.283. The summed E-state index contributed by atoms with van der Waals surface area (Å²) < 4.78 is 1.47. The molecule has 5 heteroatoms. The smallest absolute Gasteiger partial charge is 0.251 e. The molecule has 2 heterocycles. The summed E-state index contributed by atoms with van der Waals surface area (Å²) in [6.07, 6.45) is 1.69. The molecule has 0 aliphatic carbocycles. The molecule has 0 atom stereocenters. The van der Waals surface area contributed by atoms with Gasteiger partial charge < -0.3 is 0 Å². The van der Waals surface area contributed by atoms with Crippen molar-refractivity contribution in [1.29, 1.82) is 0 Å². The number of benzene rings is 1. The molecule has 0 saturated heterocycles. The lowest BCUT2D eigenvalue weighted by Crippen LogP contribution is -2.19. The number of aromatic nitrogens is 3. The first-order chi connectivity index (χ1) is 9.74. The summed E-state index contributed by atoms with van der Waals surface area (Å²) in [5, 5.41) is 0.521. The van der Waals surface area contributed by atoms with Crippen LogP contribution in [0.2, 0.25) is 0 Å². The van der Waals surface area contributed by atoms with Crippen molar-refractivity contribution in [3.05, 3.63) is 70.3 Å². The fourth-order valence-corrected chi connectivity index (χ4v) is 2.72. The maximum atomic E-state index is 12.0. The Balaban J connectivity index is 1.93. The second-order valence-electron chi connectivity index (χ2n) is 4.45. The van der Waals surface area contributed by atoms with Crippen molar-refractivity contribution in [2.24, 2.45) is 0 Å². The molecule has 0 unspecified atom stereocenters. The van der Waals surface area contributed by atoms with Gasteiger partial charge >= 0.3 is 5.69 Å². The van der Waals surface area contributed by atoms with Crippen LogP contribution in [0.25, 0.3) is 5.65 Å². The van der Waals surface area contributed by atoms with Gasteiger partial charge in [-0.25, -0.2) is 9.78 Å². The molecule has 0 saturated carbocycles. The number of hydrogen-bond acceptors (Lipinski definition) is 4. The number of aryl methyl sites for hydroxylation is 1. The van der Waals surface area contributed by atoms with Crippen LogP contribution in [-0.4, -0.2) is 14.4 Å². The normalized spacial score (nSPS) is 10.8. The molecule has 0 bridgehead atoms. The van der Waals surface area contributed by atoms with E-state index in [1.54, 1.807) is 6.20 Å². The molecule has 0 aliphatic heterocycles. The molecule has 0 amide bonds. The highest BCUT2D eigenvalue weighted by atomic mass is 32.2. The quantitative estimate of drug-likeness (QED) is 0.693. The molecule has 100 valence electrons. The number of hydrogen-bond donors (Lipinski definition) is 0. The van der Waals surface area contributed by atoms with Crippen LogP contribution in [0.5, 0.6) is 0 Å². The van der Waals surface area contributed by atoms with Crippen LogP contribution in [0.1, 0.15) is 11.1 Å². The van der Waals surface area contributed by atoms with Crippen molar-refractivity contribution < 1.29 is 0 Å². The van der Waals surface area contributed by atoms with Gasteiger partial charge in [0.1, 0.15) is 5.65 Å². The highest BCUT2D eigenvalue weighted by Gasteiger charge is 2.06. The summed E-state index contributed by atoms with van der Waals surface area (Å²) in [5.74, 6) is 0.752. The van der Waals surface area contributed by atoms with E-state index in [0.717, 1.165) is 11.3 Å². The van der Waals surface area contributed by atoms with Gasteiger partial charge in [-0.2, -0.15) is 4.98 Å². The van der Waals surface area contributed by atoms with E-state index < -0.39 is 0 Å². The lowest BCUT2D eigenvalue weighted by Gasteiger charge is -2.05. The molecule has 0 fully saturated rings. The lowest BCUT2D eigenvalue weighted by atomic mass is 10.2. The van der Waals surface area contributed by atoms with Crippen molar-refractivity contribution in [2.45, 2.75) is 17.8 Å². The Morgan fingerprint density at radius 1 is 1.10 bits per heavy atom. The summed E-state index contributed by atoms with van der Waals surface area (Å²) in [4.78, 5) is 20.4. The van der Waals surface area contributed by atoms with Crippen LogP contribution >= 0.6 is 11.8 Å². The van der Waals surface area contributed by atoms with Gasteiger partial charge in [0, 0.05) is 11.9 Å². The second kappa shape index (κ2) is 5.46. The zero-order chi connectivity index (χ0) is 13.9. The van der Waals surface area contributed by atoms with Gasteiger partial charge in [-0.15, -0.1) is 0 Å². The van der Waals surface area contributed by atoms with Crippen LogP contribution in [0.15, 0.2) is 58.6 Å². The largest absolute Gasteiger partial charge is 0.355 e. The van der Waals surface area contributed by atoms with Crippen molar-refractivity contribution in [1.82, 2.24) is 14.4 Å². The molecule has 0 aliphatic rings. The summed E-state index contributed by atoms with van der Waals surface area (Å²) in [6, 6.07) is 13.8. The molecule has 0 N–H and O–H groups in total. The minimum absolute atomic E-state index is 0.283. The van der Waals surface area contributed by atoms with E-state index in [-0.39, 0.29) is 5.69 Å². The third kappa shape index (κ3) is 2.58. The minimum Gasteiger partial charge on any atom is -0.251 e. The van der Waals surface area contributed by atoms with E-state index in [0.29, 0.717) is 10.8 Å². The van der Waals surface area contributed by atoms with Crippen LogP contribution in [0.4, 0.5) is 0 Å². The summed E-state index contributed by atoms with van der Waals surface area (Å²) in [7, 11) is 0. The van der Waals surface area contributed by atoms with Gasteiger partial charge in [0.15, 0.2) is 5.16 Å². The van der Waals surface area contributed by atoms with Crippen LogP contribution < -0.4 is 5.69 Å². The van der Waals surface area contributed by atoms with E-state index in [4.69, 9.17) is 0 Å². The van der Waals surface area contributed by atoms with Crippen molar-refractivity contribution in [2.75, 3.05) is 0 Å². The standard InChI is InChI=1S/C15H13N3OS/c1-11-6-5-9-18-13(11)16-14(17-15(18)19)20-10-12-7-3-2-4-8-12/h2-9H,10H2,1H3. The number of pyridine rings is 1. The van der Waals surface area contributed by atoms with Crippen LogP contribution in [-0.2, 0) is 5.75 Å². The molecule has 0 radical (unpaired) electrons. The number of nitrogens with zero attached hydrogens (tertiary/aromatic N) is 3. The molecule has 3 aromatic rings. The second-order valence-corrected chi connectivity index (χ2v) is 5.39. The number of fused-ring (bicyclic) bond motifs is 1. The highest BCUT2D eigenvalue weighted by Crippen LogP contribution is 2.18. The van der Waals surface area contributed by atoms with E-state index >= 15 is 0 Å². The number of thioether (sulfide) groups is 1. The zero-order valence-electron chi connectivity index (χ0n) is 11.0. The fraction of sp³-hybridized carbons (Fsp3) is 0.133. The van der Waals surface area contributed by atoms with Gasteiger partial charge in [0.05, 0.1) is 0 Å². The SMILES string of the molecule is Cc1cccn2c(=O)nc(SCc3ccccc3)nc12. The maximum absolute atomic E-state index is 12.0. The van der Waals surface area contributed by atoms with Crippen molar-refractivity contribution in [3.63, 3.8) is 0 Å². The predicted octanol–water partition coefficient (Wildman–Crippen LogP) is 2.69. The first-order valence-corrected chi connectivity index (χ1v) is 7.25. The number of rotatable bonds is 3.